The van der Waals surface area contributed by atoms with Gasteiger partial charge in [-0.2, -0.15) is 0 Å². The lowest BCUT2D eigenvalue weighted by Crippen LogP contribution is -2.26. The van der Waals surface area contributed by atoms with Crippen LogP contribution in [0.5, 0.6) is 0 Å². The quantitative estimate of drug-likeness (QED) is 0.595. The van der Waals surface area contributed by atoms with E-state index in [0.29, 0.717) is 24.4 Å². The molecule has 0 heterocycles. The maximum atomic E-state index is 10.8. The molecule has 0 aromatic heterocycles. The van der Waals surface area contributed by atoms with E-state index >= 15 is 0 Å². The number of hydrogen-bond acceptors (Lipinski definition) is 5. The van der Waals surface area contributed by atoms with Gasteiger partial charge in [0.25, 0.3) is 5.69 Å². The molecule has 100 valence electrons. The Labute approximate surface area is 106 Å². The topological polar surface area (TPSA) is 73.6 Å². The van der Waals surface area contributed by atoms with Crippen molar-refractivity contribution >= 4 is 11.4 Å². The standard InChI is InChI=1S/C12H18N2O4/c1-9-4-5-10(6-12(9)14(15)16)13-7-11(18-3)8-17-2/h4-6,11,13H,7-8H2,1-3H3. The number of nitrogens with one attached hydrogen (secondary N) is 1. The van der Waals surface area contributed by atoms with Crippen LogP contribution >= 0.6 is 0 Å². The second kappa shape index (κ2) is 6.93. The maximum Gasteiger partial charge on any atom is 0.274 e. The van der Waals surface area contributed by atoms with Crippen LogP contribution in [-0.4, -0.2) is 38.4 Å². The molecule has 1 aromatic carbocycles. The predicted molar refractivity (Wildman–Crippen MR) is 69.0 cm³/mol. The minimum atomic E-state index is -0.385. The third-order valence-corrected chi connectivity index (χ3v) is 2.63. The number of aryl methyl sites for hydroxylation is 1. The lowest BCUT2D eigenvalue weighted by molar-refractivity contribution is -0.385. The van der Waals surface area contributed by atoms with E-state index in [-0.39, 0.29) is 16.7 Å². The van der Waals surface area contributed by atoms with Crippen molar-refractivity contribution in [2.45, 2.75) is 13.0 Å². The van der Waals surface area contributed by atoms with Gasteiger partial charge in [0.15, 0.2) is 0 Å². The molecule has 1 atom stereocenters. The summed E-state index contributed by atoms with van der Waals surface area (Å²) < 4.78 is 10.2. The molecule has 18 heavy (non-hydrogen) atoms. The van der Waals surface area contributed by atoms with Crippen LogP contribution < -0.4 is 5.32 Å². The highest BCUT2D eigenvalue weighted by Crippen LogP contribution is 2.22. The molecule has 1 aromatic rings. The van der Waals surface area contributed by atoms with Crippen LogP contribution in [0.15, 0.2) is 18.2 Å². The zero-order valence-corrected chi connectivity index (χ0v) is 10.8. The summed E-state index contributed by atoms with van der Waals surface area (Å²) in [7, 11) is 3.20. The molecule has 0 radical (unpaired) electrons. The van der Waals surface area contributed by atoms with Crippen LogP contribution in [0.3, 0.4) is 0 Å². The van der Waals surface area contributed by atoms with Crippen molar-refractivity contribution < 1.29 is 14.4 Å². The van der Waals surface area contributed by atoms with Gasteiger partial charge in [0.05, 0.1) is 17.6 Å². The highest BCUT2D eigenvalue weighted by Gasteiger charge is 2.12. The summed E-state index contributed by atoms with van der Waals surface area (Å²) in [5.74, 6) is 0. The Bertz CT molecular complexity index is 409. The molecule has 0 aliphatic carbocycles. The number of methoxy groups -OCH3 is 2. The van der Waals surface area contributed by atoms with E-state index in [1.54, 1.807) is 27.2 Å². The fourth-order valence-corrected chi connectivity index (χ4v) is 1.54. The molecular weight excluding hydrogens is 236 g/mol. The fraction of sp³-hybridized carbons (Fsp3) is 0.500. The normalized spacial score (nSPS) is 12.2. The van der Waals surface area contributed by atoms with E-state index in [4.69, 9.17) is 9.47 Å². The molecule has 0 aliphatic heterocycles. The average Bonchev–Trinajstić information content (AvgIpc) is 2.35. The summed E-state index contributed by atoms with van der Waals surface area (Å²) in [6.45, 7) is 2.72. The first kappa shape index (κ1) is 14.4. The zero-order chi connectivity index (χ0) is 13.5. The Morgan fingerprint density at radius 1 is 1.44 bits per heavy atom. The highest BCUT2D eigenvalue weighted by molar-refractivity contribution is 5.54. The van der Waals surface area contributed by atoms with Crippen molar-refractivity contribution in [2.24, 2.45) is 0 Å². The second-order valence-electron chi connectivity index (χ2n) is 3.95. The summed E-state index contributed by atoms with van der Waals surface area (Å²) >= 11 is 0. The lowest BCUT2D eigenvalue weighted by atomic mass is 10.2. The second-order valence-corrected chi connectivity index (χ2v) is 3.95. The van der Waals surface area contributed by atoms with Crippen molar-refractivity contribution in [1.29, 1.82) is 0 Å². The Morgan fingerprint density at radius 2 is 2.17 bits per heavy atom. The number of nitro groups is 1. The largest absolute Gasteiger partial charge is 0.382 e. The molecule has 0 aliphatic rings. The first-order valence-corrected chi connectivity index (χ1v) is 5.59. The first-order chi connectivity index (χ1) is 8.58. The van der Waals surface area contributed by atoms with Gasteiger partial charge < -0.3 is 14.8 Å². The van der Waals surface area contributed by atoms with Crippen LogP contribution in [0.1, 0.15) is 5.56 Å². The number of hydrogen-bond donors (Lipinski definition) is 1. The summed E-state index contributed by atoms with van der Waals surface area (Å²) in [6, 6.07) is 5.05. The molecule has 1 N–H and O–H groups in total. The third-order valence-electron chi connectivity index (χ3n) is 2.63. The monoisotopic (exact) mass is 254 g/mol. The number of nitro benzene ring substituents is 1. The third kappa shape index (κ3) is 3.97. The molecule has 0 bridgehead atoms. The van der Waals surface area contributed by atoms with Gasteiger partial charge in [0, 0.05) is 38.1 Å². The van der Waals surface area contributed by atoms with Gasteiger partial charge in [0.2, 0.25) is 0 Å². The van der Waals surface area contributed by atoms with Crippen molar-refractivity contribution in [1.82, 2.24) is 0 Å². The number of nitrogens with zero attached hydrogens (tertiary/aromatic N) is 1. The van der Waals surface area contributed by atoms with Gasteiger partial charge in [-0.3, -0.25) is 10.1 Å². The zero-order valence-electron chi connectivity index (χ0n) is 10.8. The van der Waals surface area contributed by atoms with Gasteiger partial charge in [-0.25, -0.2) is 0 Å². The number of rotatable bonds is 7. The van der Waals surface area contributed by atoms with E-state index in [2.05, 4.69) is 5.32 Å². The highest BCUT2D eigenvalue weighted by atomic mass is 16.6. The summed E-state index contributed by atoms with van der Waals surface area (Å²) in [5, 5.41) is 13.9. The molecule has 6 nitrogen and oxygen atoms in total. The van der Waals surface area contributed by atoms with E-state index in [0.717, 1.165) is 0 Å². The van der Waals surface area contributed by atoms with Crippen LogP contribution in [0, 0.1) is 17.0 Å². The number of ether oxygens (including phenoxy) is 2. The van der Waals surface area contributed by atoms with Crippen molar-refractivity contribution in [2.75, 3.05) is 32.7 Å². The number of anilines is 1. The Morgan fingerprint density at radius 3 is 2.72 bits per heavy atom. The van der Waals surface area contributed by atoms with Crippen molar-refractivity contribution in [3.63, 3.8) is 0 Å². The molecule has 0 fully saturated rings. The molecule has 1 unspecified atom stereocenters. The molecule has 0 saturated heterocycles. The minimum Gasteiger partial charge on any atom is -0.382 e. The minimum absolute atomic E-state index is 0.0876. The molecular formula is C12H18N2O4. The van der Waals surface area contributed by atoms with E-state index < -0.39 is 0 Å². The van der Waals surface area contributed by atoms with Gasteiger partial charge in [0.1, 0.15) is 0 Å². The van der Waals surface area contributed by atoms with Gasteiger partial charge >= 0.3 is 0 Å². The SMILES string of the molecule is COCC(CNc1ccc(C)c([N+](=O)[O-])c1)OC. The van der Waals surface area contributed by atoms with Crippen LogP contribution in [0.4, 0.5) is 11.4 Å². The summed E-state index contributed by atoms with van der Waals surface area (Å²) in [4.78, 5) is 10.4. The smallest absolute Gasteiger partial charge is 0.274 e. The van der Waals surface area contributed by atoms with Crippen molar-refractivity contribution in [3.05, 3.63) is 33.9 Å². The van der Waals surface area contributed by atoms with Crippen molar-refractivity contribution in [3.8, 4) is 0 Å². The molecule has 0 spiro atoms. The summed E-state index contributed by atoms with van der Waals surface area (Å²) in [5.41, 5.74) is 1.46. The summed E-state index contributed by atoms with van der Waals surface area (Å²) in [6.07, 6.45) is -0.0876. The van der Waals surface area contributed by atoms with E-state index in [9.17, 15) is 10.1 Å². The van der Waals surface area contributed by atoms with Gasteiger partial charge in [-0.05, 0) is 13.0 Å². The number of benzene rings is 1. The van der Waals surface area contributed by atoms with Crippen LogP contribution in [0.2, 0.25) is 0 Å². The maximum absolute atomic E-state index is 10.8. The Kier molecular flexibility index (Phi) is 5.54. The van der Waals surface area contributed by atoms with Gasteiger partial charge in [-0.15, -0.1) is 0 Å². The first-order valence-electron chi connectivity index (χ1n) is 5.59. The molecule has 0 saturated carbocycles. The lowest BCUT2D eigenvalue weighted by Gasteiger charge is -2.15. The predicted octanol–water partition coefficient (Wildman–Crippen LogP) is 1.98. The van der Waals surface area contributed by atoms with Crippen LogP contribution in [-0.2, 0) is 9.47 Å². The fourth-order valence-electron chi connectivity index (χ4n) is 1.54. The van der Waals surface area contributed by atoms with E-state index in [1.165, 1.54) is 6.07 Å². The van der Waals surface area contributed by atoms with E-state index in [1.807, 2.05) is 6.07 Å². The van der Waals surface area contributed by atoms with Crippen LogP contribution in [0.25, 0.3) is 0 Å². The Balaban J connectivity index is 2.67. The molecule has 1 rings (SSSR count). The molecule has 6 heteroatoms. The van der Waals surface area contributed by atoms with Gasteiger partial charge in [-0.1, -0.05) is 6.07 Å². The Hall–Kier alpha value is -1.66. The molecule has 0 amide bonds. The average molecular weight is 254 g/mol.